The van der Waals surface area contributed by atoms with Crippen molar-refractivity contribution in [2.24, 2.45) is 22.4 Å². The van der Waals surface area contributed by atoms with Crippen LogP contribution in [-0.4, -0.2) is 20.5 Å². The average Bonchev–Trinajstić information content (AvgIpc) is 2.82. The molecule has 0 aromatic carbocycles. The monoisotopic (exact) mass is 233 g/mol. The Morgan fingerprint density at radius 3 is 2.76 bits per heavy atom. The van der Waals surface area contributed by atoms with Gasteiger partial charge in [0.05, 0.1) is 17.6 Å². The third-order valence-electron chi connectivity index (χ3n) is 5.18. The highest BCUT2D eigenvalue weighted by atomic mass is 16.4. The predicted molar refractivity (Wildman–Crippen MR) is 65.1 cm³/mol. The van der Waals surface area contributed by atoms with Crippen LogP contribution >= 0.6 is 0 Å². The van der Waals surface area contributed by atoms with E-state index < -0.39 is 0 Å². The van der Waals surface area contributed by atoms with Gasteiger partial charge in [0.2, 0.25) is 0 Å². The fourth-order valence-corrected chi connectivity index (χ4v) is 3.75. The highest BCUT2D eigenvalue weighted by molar-refractivity contribution is 5.96. The van der Waals surface area contributed by atoms with Crippen molar-refractivity contribution in [2.75, 3.05) is 0 Å². The molecule has 3 saturated carbocycles. The van der Waals surface area contributed by atoms with E-state index in [2.05, 4.69) is 35.5 Å². The standard InChI is InChI=1S/C13H19N3O/c1-12(2)9-6-10(12)11(15-17)13(3,7-9)16-5-4-14-8-16/h4-5,8-10,17H,6-7H2,1-3H3/b15-11+. The first kappa shape index (κ1) is 10.8. The van der Waals surface area contributed by atoms with E-state index in [1.165, 1.54) is 0 Å². The van der Waals surface area contributed by atoms with Gasteiger partial charge in [-0.15, -0.1) is 0 Å². The van der Waals surface area contributed by atoms with Gasteiger partial charge in [-0.3, -0.25) is 0 Å². The number of oxime groups is 1. The summed E-state index contributed by atoms with van der Waals surface area (Å²) in [6.07, 6.45) is 7.76. The Labute approximate surface area is 101 Å². The van der Waals surface area contributed by atoms with Crippen molar-refractivity contribution in [1.82, 2.24) is 9.55 Å². The van der Waals surface area contributed by atoms with Gasteiger partial charge in [-0.25, -0.2) is 4.98 Å². The van der Waals surface area contributed by atoms with Gasteiger partial charge in [-0.05, 0) is 31.1 Å². The number of rotatable bonds is 1. The van der Waals surface area contributed by atoms with Crippen LogP contribution in [0, 0.1) is 17.3 Å². The Balaban J connectivity index is 2.05. The molecular formula is C13H19N3O. The Bertz CT molecular complexity index is 463. The summed E-state index contributed by atoms with van der Waals surface area (Å²) in [6, 6.07) is 0. The second-order valence-corrected chi connectivity index (χ2v) is 6.24. The minimum Gasteiger partial charge on any atom is -0.411 e. The van der Waals surface area contributed by atoms with E-state index in [1.807, 2.05) is 12.5 Å². The van der Waals surface area contributed by atoms with Crippen LogP contribution in [0.4, 0.5) is 0 Å². The van der Waals surface area contributed by atoms with Crippen molar-refractivity contribution in [1.29, 1.82) is 0 Å². The van der Waals surface area contributed by atoms with Crippen LogP contribution < -0.4 is 0 Å². The number of fused-ring (bicyclic) bond motifs is 2. The van der Waals surface area contributed by atoms with Gasteiger partial charge in [0, 0.05) is 18.3 Å². The zero-order valence-electron chi connectivity index (χ0n) is 10.6. The summed E-state index contributed by atoms with van der Waals surface area (Å²) in [6.45, 7) is 6.72. The fourth-order valence-electron chi connectivity index (χ4n) is 3.75. The number of hydrogen-bond acceptors (Lipinski definition) is 3. The molecular weight excluding hydrogens is 214 g/mol. The molecule has 17 heavy (non-hydrogen) atoms. The lowest BCUT2D eigenvalue weighted by atomic mass is 9.44. The fraction of sp³-hybridized carbons (Fsp3) is 0.692. The van der Waals surface area contributed by atoms with Gasteiger partial charge in [0.1, 0.15) is 0 Å². The molecule has 0 spiro atoms. The number of nitrogens with zero attached hydrogens (tertiary/aromatic N) is 3. The summed E-state index contributed by atoms with van der Waals surface area (Å²) < 4.78 is 2.08. The first-order chi connectivity index (χ1) is 8.00. The summed E-state index contributed by atoms with van der Waals surface area (Å²) in [7, 11) is 0. The molecule has 3 aliphatic carbocycles. The Kier molecular flexibility index (Phi) is 1.98. The van der Waals surface area contributed by atoms with E-state index >= 15 is 0 Å². The van der Waals surface area contributed by atoms with Gasteiger partial charge in [-0.1, -0.05) is 19.0 Å². The van der Waals surface area contributed by atoms with Gasteiger partial charge in [0.25, 0.3) is 0 Å². The molecule has 1 N–H and O–H groups in total. The van der Waals surface area contributed by atoms with Crippen LogP contribution in [0.15, 0.2) is 23.9 Å². The minimum atomic E-state index is -0.200. The van der Waals surface area contributed by atoms with Gasteiger partial charge in [-0.2, -0.15) is 0 Å². The van der Waals surface area contributed by atoms with Gasteiger partial charge in [0.15, 0.2) is 0 Å². The highest BCUT2D eigenvalue weighted by Gasteiger charge is 2.61. The zero-order valence-corrected chi connectivity index (χ0v) is 10.6. The summed E-state index contributed by atoms with van der Waals surface area (Å²) in [5.74, 6) is 1.11. The molecule has 0 aliphatic heterocycles. The maximum atomic E-state index is 9.41. The highest BCUT2D eigenvalue weighted by Crippen LogP contribution is 2.61. The number of hydrogen-bond donors (Lipinski definition) is 1. The van der Waals surface area contributed by atoms with Crippen LogP contribution in [-0.2, 0) is 5.54 Å². The third-order valence-corrected chi connectivity index (χ3v) is 5.18. The number of aromatic nitrogens is 2. The van der Waals surface area contributed by atoms with Crippen molar-refractivity contribution in [3.63, 3.8) is 0 Å². The second kappa shape index (κ2) is 3.12. The molecule has 92 valence electrons. The van der Waals surface area contributed by atoms with E-state index in [9.17, 15) is 5.21 Å². The van der Waals surface area contributed by atoms with Crippen LogP contribution in [0.2, 0.25) is 0 Å². The molecule has 4 heteroatoms. The topological polar surface area (TPSA) is 50.4 Å². The normalized spacial score (nSPS) is 41.2. The molecule has 4 rings (SSSR count). The van der Waals surface area contributed by atoms with Crippen molar-refractivity contribution in [2.45, 2.75) is 39.2 Å². The van der Waals surface area contributed by atoms with E-state index in [0.29, 0.717) is 11.8 Å². The molecule has 1 aromatic heterocycles. The average molecular weight is 233 g/mol. The second-order valence-electron chi connectivity index (χ2n) is 6.24. The molecule has 0 saturated heterocycles. The van der Waals surface area contributed by atoms with Crippen molar-refractivity contribution in [3.8, 4) is 0 Å². The molecule has 3 unspecified atom stereocenters. The molecule has 3 aliphatic rings. The summed E-state index contributed by atoms with van der Waals surface area (Å²) in [5, 5.41) is 13.0. The molecule has 1 aromatic rings. The van der Waals surface area contributed by atoms with Gasteiger partial charge < -0.3 is 9.77 Å². The van der Waals surface area contributed by atoms with Crippen LogP contribution in [0.3, 0.4) is 0 Å². The SMILES string of the molecule is CC1(C)C2CC1/C(=N\O)C(C)(n1ccnc1)C2. The first-order valence-electron chi connectivity index (χ1n) is 6.21. The lowest BCUT2D eigenvalue weighted by Crippen LogP contribution is -2.63. The van der Waals surface area contributed by atoms with Crippen LogP contribution in [0.25, 0.3) is 0 Å². The van der Waals surface area contributed by atoms with Crippen molar-refractivity contribution < 1.29 is 5.21 Å². The lowest BCUT2D eigenvalue weighted by Gasteiger charge is -2.62. The zero-order chi connectivity index (χ0) is 12.3. The van der Waals surface area contributed by atoms with Crippen LogP contribution in [0.5, 0.6) is 0 Å². The maximum Gasteiger partial charge on any atom is 0.0954 e. The summed E-state index contributed by atoms with van der Waals surface area (Å²) in [4.78, 5) is 4.11. The molecule has 2 bridgehead atoms. The van der Waals surface area contributed by atoms with E-state index in [1.54, 1.807) is 6.20 Å². The molecule has 4 nitrogen and oxygen atoms in total. The largest absolute Gasteiger partial charge is 0.411 e. The first-order valence-corrected chi connectivity index (χ1v) is 6.21. The van der Waals surface area contributed by atoms with E-state index in [-0.39, 0.29) is 11.0 Å². The Morgan fingerprint density at radius 1 is 1.47 bits per heavy atom. The maximum absolute atomic E-state index is 9.41. The molecule has 0 amide bonds. The van der Waals surface area contributed by atoms with E-state index in [4.69, 9.17) is 0 Å². The molecule has 0 radical (unpaired) electrons. The number of imidazole rings is 1. The quantitative estimate of drug-likeness (QED) is 0.598. The smallest absolute Gasteiger partial charge is 0.0954 e. The minimum absolute atomic E-state index is 0.200. The summed E-state index contributed by atoms with van der Waals surface area (Å²) in [5.41, 5.74) is 0.999. The Hall–Kier alpha value is -1.32. The van der Waals surface area contributed by atoms with Crippen molar-refractivity contribution in [3.05, 3.63) is 18.7 Å². The van der Waals surface area contributed by atoms with Crippen LogP contribution in [0.1, 0.15) is 33.6 Å². The van der Waals surface area contributed by atoms with Gasteiger partial charge >= 0.3 is 0 Å². The summed E-state index contributed by atoms with van der Waals surface area (Å²) >= 11 is 0. The molecule has 1 heterocycles. The predicted octanol–water partition coefficient (Wildman–Crippen LogP) is 2.49. The lowest BCUT2D eigenvalue weighted by molar-refractivity contribution is -0.0332. The third kappa shape index (κ3) is 1.18. The Morgan fingerprint density at radius 2 is 2.24 bits per heavy atom. The molecule has 3 fully saturated rings. The molecule has 3 atom stereocenters. The van der Waals surface area contributed by atoms with E-state index in [0.717, 1.165) is 18.6 Å². The van der Waals surface area contributed by atoms with Crippen molar-refractivity contribution >= 4 is 5.71 Å².